The molecule has 2 rings (SSSR count). The molecule has 1 aromatic rings. The summed E-state index contributed by atoms with van der Waals surface area (Å²) < 4.78 is 0. The van der Waals surface area contributed by atoms with Gasteiger partial charge in [0, 0.05) is 11.6 Å². The van der Waals surface area contributed by atoms with Gasteiger partial charge in [-0.3, -0.25) is 0 Å². The summed E-state index contributed by atoms with van der Waals surface area (Å²) in [5.41, 5.74) is 0.943. The summed E-state index contributed by atoms with van der Waals surface area (Å²) in [7, 11) is 0. The van der Waals surface area contributed by atoms with Crippen molar-refractivity contribution in [3.63, 3.8) is 0 Å². The Balaban J connectivity index is 2.13. The van der Waals surface area contributed by atoms with E-state index in [4.69, 9.17) is 11.6 Å². The first-order chi connectivity index (χ1) is 7.58. The number of aryl methyl sites for hydroxylation is 1. The van der Waals surface area contributed by atoms with Crippen LogP contribution in [-0.4, -0.2) is 16.0 Å². The minimum Gasteiger partial charge on any atom is -0.367 e. The van der Waals surface area contributed by atoms with Crippen molar-refractivity contribution in [1.29, 1.82) is 0 Å². The molecule has 1 atom stereocenters. The number of halogens is 1. The van der Waals surface area contributed by atoms with Crippen LogP contribution in [0.25, 0.3) is 0 Å². The van der Waals surface area contributed by atoms with Crippen LogP contribution in [0.1, 0.15) is 37.6 Å². The first kappa shape index (κ1) is 11.6. The zero-order valence-corrected chi connectivity index (χ0v) is 10.8. The van der Waals surface area contributed by atoms with Gasteiger partial charge >= 0.3 is 0 Å². The SMILES string of the molecule is Cc1nc(Cl)c(C)c(NC(C)C2CCC2)n1. The molecular weight excluding hydrogens is 222 g/mol. The quantitative estimate of drug-likeness (QED) is 0.822. The van der Waals surface area contributed by atoms with E-state index in [-0.39, 0.29) is 0 Å². The van der Waals surface area contributed by atoms with Crippen LogP contribution in [0, 0.1) is 19.8 Å². The van der Waals surface area contributed by atoms with E-state index in [1.165, 1.54) is 19.3 Å². The third-order valence-electron chi connectivity index (χ3n) is 3.42. The molecule has 1 N–H and O–H groups in total. The molecule has 0 aromatic carbocycles. The van der Waals surface area contributed by atoms with Gasteiger partial charge in [-0.05, 0) is 39.5 Å². The second-order valence-electron chi connectivity index (χ2n) is 4.66. The summed E-state index contributed by atoms with van der Waals surface area (Å²) in [6, 6.07) is 0.470. The lowest BCUT2D eigenvalue weighted by atomic mass is 9.80. The number of nitrogens with one attached hydrogen (secondary N) is 1. The summed E-state index contributed by atoms with van der Waals surface area (Å²) in [4.78, 5) is 8.54. The van der Waals surface area contributed by atoms with Crippen molar-refractivity contribution in [3.8, 4) is 0 Å². The number of nitrogens with zero attached hydrogens (tertiary/aromatic N) is 2. The molecular formula is C12H18ClN3. The van der Waals surface area contributed by atoms with Gasteiger partial charge in [-0.2, -0.15) is 0 Å². The number of rotatable bonds is 3. The molecule has 88 valence electrons. The predicted octanol–water partition coefficient (Wildman–Crippen LogP) is 3.35. The van der Waals surface area contributed by atoms with Gasteiger partial charge in [0.2, 0.25) is 0 Å². The van der Waals surface area contributed by atoms with Gasteiger partial charge < -0.3 is 5.32 Å². The standard InChI is InChI=1S/C12H18ClN3/c1-7-11(13)15-9(3)16-12(7)14-8(2)10-5-4-6-10/h8,10H,4-6H2,1-3H3,(H,14,15,16). The van der Waals surface area contributed by atoms with Crippen LogP contribution in [0.15, 0.2) is 0 Å². The van der Waals surface area contributed by atoms with Crippen molar-refractivity contribution in [2.45, 2.75) is 46.1 Å². The van der Waals surface area contributed by atoms with Crippen molar-refractivity contribution in [3.05, 3.63) is 16.5 Å². The Bertz CT molecular complexity index is 388. The van der Waals surface area contributed by atoms with Crippen LogP contribution in [0.4, 0.5) is 5.82 Å². The Hall–Kier alpha value is -0.830. The highest BCUT2D eigenvalue weighted by Crippen LogP contribution is 2.31. The molecule has 0 bridgehead atoms. The van der Waals surface area contributed by atoms with E-state index in [1.807, 2.05) is 13.8 Å². The lowest BCUT2D eigenvalue weighted by molar-refractivity contribution is 0.285. The number of aromatic nitrogens is 2. The Morgan fingerprint density at radius 1 is 1.31 bits per heavy atom. The van der Waals surface area contributed by atoms with Gasteiger partial charge in [0.25, 0.3) is 0 Å². The highest BCUT2D eigenvalue weighted by molar-refractivity contribution is 6.30. The molecule has 16 heavy (non-hydrogen) atoms. The van der Waals surface area contributed by atoms with Crippen molar-refractivity contribution >= 4 is 17.4 Å². The Kier molecular flexibility index (Phi) is 3.33. The molecule has 1 aromatic heterocycles. The summed E-state index contributed by atoms with van der Waals surface area (Å²) >= 11 is 6.04. The molecule has 0 saturated heterocycles. The molecule has 1 fully saturated rings. The van der Waals surface area contributed by atoms with Crippen LogP contribution in [0.5, 0.6) is 0 Å². The molecule has 1 unspecified atom stereocenters. The van der Waals surface area contributed by atoms with Gasteiger partial charge in [-0.15, -0.1) is 0 Å². The minimum atomic E-state index is 0.470. The molecule has 4 heteroatoms. The molecule has 0 radical (unpaired) electrons. The van der Waals surface area contributed by atoms with Crippen molar-refractivity contribution in [1.82, 2.24) is 9.97 Å². The highest BCUT2D eigenvalue weighted by Gasteiger charge is 2.24. The van der Waals surface area contributed by atoms with E-state index in [0.29, 0.717) is 11.2 Å². The van der Waals surface area contributed by atoms with Crippen LogP contribution < -0.4 is 5.32 Å². The van der Waals surface area contributed by atoms with Crippen LogP contribution in [-0.2, 0) is 0 Å². The first-order valence-corrected chi connectivity index (χ1v) is 6.23. The summed E-state index contributed by atoms with van der Waals surface area (Å²) in [5, 5.41) is 4.01. The lowest BCUT2D eigenvalue weighted by Crippen LogP contribution is -2.31. The fraction of sp³-hybridized carbons (Fsp3) is 0.667. The van der Waals surface area contributed by atoms with Gasteiger partial charge in [-0.25, -0.2) is 9.97 Å². The molecule has 1 saturated carbocycles. The second kappa shape index (κ2) is 4.58. The Morgan fingerprint density at radius 2 is 2.00 bits per heavy atom. The largest absolute Gasteiger partial charge is 0.367 e. The highest BCUT2D eigenvalue weighted by atomic mass is 35.5. The van der Waals surface area contributed by atoms with Crippen LogP contribution in [0.2, 0.25) is 5.15 Å². The number of hydrogen-bond donors (Lipinski definition) is 1. The molecule has 0 amide bonds. The van der Waals surface area contributed by atoms with Gasteiger partial charge in [0.15, 0.2) is 0 Å². The third kappa shape index (κ3) is 2.29. The van der Waals surface area contributed by atoms with Gasteiger partial charge in [0.1, 0.15) is 16.8 Å². The van der Waals surface area contributed by atoms with E-state index in [2.05, 4.69) is 22.2 Å². The van der Waals surface area contributed by atoms with Gasteiger partial charge in [-0.1, -0.05) is 18.0 Å². The Labute approximate surface area is 102 Å². The smallest absolute Gasteiger partial charge is 0.137 e. The van der Waals surface area contributed by atoms with E-state index < -0.39 is 0 Å². The maximum atomic E-state index is 6.04. The zero-order chi connectivity index (χ0) is 11.7. The normalized spacial score (nSPS) is 18.0. The fourth-order valence-corrected chi connectivity index (χ4v) is 2.22. The average Bonchev–Trinajstić information content (AvgIpc) is 2.10. The van der Waals surface area contributed by atoms with E-state index >= 15 is 0 Å². The maximum Gasteiger partial charge on any atom is 0.137 e. The fourth-order valence-electron chi connectivity index (χ4n) is 2.01. The van der Waals surface area contributed by atoms with Crippen molar-refractivity contribution in [2.24, 2.45) is 5.92 Å². The molecule has 3 nitrogen and oxygen atoms in total. The van der Waals surface area contributed by atoms with E-state index in [1.54, 1.807) is 0 Å². The topological polar surface area (TPSA) is 37.8 Å². The number of anilines is 1. The zero-order valence-electron chi connectivity index (χ0n) is 10.0. The van der Waals surface area contributed by atoms with Crippen LogP contribution in [0.3, 0.4) is 0 Å². The molecule has 1 heterocycles. The first-order valence-electron chi connectivity index (χ1n) is 5.85. The molecule has 1 aliphatic carbocycles. The molecule has 0 aliphatic heterocycles. The van der Waals surface area contributed by atoms with E-state index in [0.717, 1.165) is 23.1 Å². The maximum absolute atomic E-state index is 6.04. The minimum absolute atomic E-state index is 0.470. The Morgan fingerprint density at radius 3 is 2.56 bits per heavy atom. The number of hydrogen-bond acceptors (Lipinski definition) is 3. The summed E-state index contributed by atoms with van der Waals surface area (Å²) in [6.07, 6.45) is 4.01. The lowest BCUT2D eigenvalue weighted by Gasteiger charge is -2.32. The third-order valence-corrected chi connectivity index (χ3v) is 3.79. The summed E-state index contributed by atoms with van der Waals surface area (Å²) in [5.74, 6) is 2.39. The van der Waals surface area contributed by atoms with Crippen molar-refractivity contribution in [2.75, 3.05) is 5.32 Å². The monoisotopic (exact) mass is 239 g/mol. The average molecular weight is 240 g/mol. The molecule has 1 aliphatic rings. The van der Waals surface area contributed by atoms with Crippen LogP contribution >= 0.6 is 11.6 Å². The van der Waals surface area contributed by atoms with E-state index in [9.17, 15) is 0 Å². The summed E-state index contributed by atoms with van der Waals surface area (Å²) in [6.45, 7) is 6.04. The van der Waals surface area contributed by atoms with Crippen molar-refractivity contribution < 1.29 is 0 Å². The predicted molar refractivity (Wildman–Crippen MR) is 66.9 cm³/mol. The second-order valence-corrected chi connectivity index (χ2v) is 5.02. The molecule has 0 spiro atoms. The van der Waals surface area contributed by atoms with Gasteiger partial charge in [0.05, 0.1) is 0 Å².